The van der Waals surface area contributed by atoms with E-state index in [0.29, 0.717) is 13.1 Å². The van der Waals surface area contributed by atoms with Crippen LogP contribution in [0, 0.1) is 0 Å². The van der Waals surface area contributed by atoms with Gasteiger partial charge in [0.1, 0.15) is 12.1 Å². The molecule has 3 amide bonds. The number of carbonyl (C=O) groups is 3. The molecule has 3 N–H and O–H groups in total. The van der Waals surface area contributed by atoms with Crippen LogP contribution in [0.5, 0.6) is 0 Å². The summed E-state index contributed by atoms with van der Waals surface area (Å²) in [4.78, 5) is 36.9. The van der Waals surface area contributed by atoms with Crippen LogP contribution in [-0.4, -0.2) is 61.6 Å². The maximum atomic E-state index is 11.8. The van der Waals surface area contributed by atoms with Gasteiger partial charge in [-0.1, -0.05) is 30.3 Å². The zero-order chi connectivity index (χ0) is 20.3. The van der Waals surface area contributed by atoms with E-state index < -0.39 is 17.6 Å². The summed E-state index contributed by atoms with van der Waals surface area (Å²) in [5, 5.41) is 7.52. The lowest BCUT2D eigenvalue weighted by Gasteiger charge is -2.19. The Bertz CT molecular complexity index is 614. The number of amides is 3. The van der Waals surface area contributed by atoms with E-state index in [1.807, 2.05) is 25.2 Å². The maximum absolute atomic E-state index is 11.8. The molecule has 0 saturated carbocycles. The Morgan fingerprint density at radius 2 is 1.56 bits per heavy atom. The molecule has 8 heteroatoms. The molecule has 0 heterocycles. The Morgan fingerprint density at radius 3 is 2.19 bits per heavy atom. The first-order chi connectivity index (χ1) is 12.7. The molecule has 0 saturated heterocycles. The van der Waals surface area contributed by atoms with Crippen molar-refractivity contribution >= 4 is 17.9 Å². The molecule has 0 aliphatic heterocycles. The highest BCUT2D eigenvalue weighted by Crippen LogP contribution is 2.06. The number of nitrogens with one attached hydrogen (secondary N) is 3. The topological polar surface area (TPSA) is 99.8 Å². The van der Waals surface area contributed by atoms with Gasteiger partial charge in [-0.25, -0.2) is 4.79 Å². The maximum Gasteiger partial charge on any atom is 0.408 e. The van der Waals surface area contributed by atoms with Crippen LogP contribution in [0.15, 0.2) is 30.3 Å². The van der Waals surface area contributed by atoms with E-state index in [1.54, 1.807) is 20.8 Å². The van der Waals surface area contributed by atoms with Crippen molar-refractivity contribution in [3.63, 3.8) is 0 Å². The van der Waals surface area contributed by atoms with Gasteiger partial charge in [-0.05, 0) is 33.4 Å². The van der Waals surface area contributed by atoms with Gasteiger partial charge in [0.25, 0.3) is 0 Å². The molecule has 0 radical (unpaired) electrons. The van der Waals surface area contributed by atoms with Crippen LogP contribution in [0.2, 0.25) is 0 Å². The second-order valence-corrected chi connectivity index (χ2v) is 7.21. The van der Waals surface area contributed by atoms with Gasteiger partial charge in [0.15, 0.2) is 0 Å². The summed E-state index contributed by atoms with van der Waals surface area (Å²) in [6.07, 6.45) is -0.677. The largest absolute Gasteiger partial charge is 0.444 e. The fourth-order valence-corrected chi connectivity index (χ4v) is 2.13. The summed E-state index contributed by atoms with van der Waals surface area (Å²) in [6, 6.07) is 10.1. The van der Waals surface area contributed by atoms with Gasteiger partial charge >= 0.3 is 6.09 Å². The lowest BCUT2D eigenvalue weighted by atomic mass is 10.2. The van der Waals surface area contributed by atoms with Crippen LogP contribution < -0.4 is 16.0 Å². The Morgan fingerprint density at radius 1 is 0.963 bits per heavy atom. The highest BCUT2D eigenvalue weighted by Gasteiger charge is 2.16. The van der Waals surface area contributed by atoms with Gasteiger partial charge in [-0.2, -0.15) is 0 Å². The van der Waals surface area contributed by atoms with Crippen LogP contribution in [0.4, 0.5) is 4.79 Å². The normalized spacial score (nSPS) is 11.0. The molecule has 150 valence electrons. The van der Waals surface area contributed by atoms with Crippen molar-refractivity contribution < 1.29 is 19.1 Å². The van der Waals surface area contributed by atoms with Gasteiger partial charge in [-0.3, -0.25) is 9.59 Å². The smallest absolute Gasteiger partial charge is 0.408 e. The lowest BCUT2D eigenvalue weighted by molar-refractivity contribution is -0.125. The zero-order valence-electron chi connectivity index (χ0n) is 16.5. The number of nitrogens with zero attached hydrogens (tertiary/aromatic N) is 1. The highest BCUT2D eigenvalue weighted by atomic mass is 16.6. The van der Waals surface area contributed by atoms with Crippen LogP contribution in [0.25, 0.3) is 0 Å². The predicted octanol–water partition coefficient (Wildman–Crippen LogP) is 0.876. The molecule has 0 atom stereocenters. The quantitative estimate of drug-likeness (QED) is 0.592. The van der Waals surface area contributed by atoms with E-state index in [4.69, 9.17) is 4.74 Å². The Kier molecular flexibility index (Phi) is 9.29. The first kappa shape index (κ1) is 22.4. The second-order valence-electron chi connectivity index (χ2n) is 7.21. The minimum atomic E-state index is -0.677. The molecule has 0 aromatic heterocycles. The Labute approximate surface area is 160 Å². The van der Waals surface area contributed by atoms with E-state index >= 15 is 0 Å². The number of carbonyl (C=O) groups excluding carboxylic acids is 3. The number of likely N-dealkylation sites (N-methyl/N-ethyl adjacent to an activating group) is 1. The number of hydrogen-bond acceptors (Lipinski definition) is 5. The van der Waals surface area contributed by atoms with Crippen molar-refractivity contribution in [2.24, 2.45) is 0 Å². The van der Waals surface area contributed by atoms with Crippen molar-refractivity contribution in [2.45, 2.75) is 32.9 Å². The minimum absolute atomic E-state index is 0.142. The highest BCUT2D eigenvalue weighted by molar-refractivity contribution is 5.87. The van der Waals surface area contributed by atoms with Gasteiger partial charge in [0.2, 0.25) is 11.8 Å². The van der Waals surface area contributed by atoms with E-state index in [0.717, 1.165) is 6.54 Å². The summed E-state index contributed by atoms with van der Waals surface area (Å²) >= 11 is 0. The minimum Gasteiger partial charge on any atom is -0.444 e. The van der Waals surface area contributed by atoms with Crippen molar-refractivity contribution in [1.82, 2.24) is 20.9 Å². The SMILES string of the molecule is CN(CCNC(=O)CNC(=O)CNC(=O)OC(C)(C)C)Cc1ccccc1. The second kappa shape index (κ2) is 11.2. The van der Waals surface area contributed by atoms with E-state index in [9.17, 15) is 14.4 Å². The van der Waals surface area contributed by atoms with Crippen molar-refractivity contribution in [2.75, 3.05) is 33.2 Å². The predicted molar refractivity (Wildman–Crippen MR) is 103 cm³/mol. The molecule has 0 aliphatic carbocycles. The Hall–Kier alpha value is -2.61. The number of alkyl carbamates (subject to hydrolysis) is 1. The molecule has 1 rings (SSSR count). The third-order valence-corrected chi connectivity index (χ3v) is 3.35. The summed E-state index contributed by atoms with van der Waals surface area (Å²) < 4.78 is 5.02. The fraction of sp³-hybridized carbons (Fsp3) is 0.526. The molecule has 0 spiro atoms. The Balaban J connectivity index is 2.12. The van der Waals surface area contributed by atoms with E-state index in [1.165, 1.54) is 5.56 Å². The number of hydrogen-bond donors (Lipinski definition) is 3. The average Bonchev–Trinajstić information content (AvgIpc) is 2.57. The summed E-state index contributed by atoms with van der Waals surface area (Å²) in [5.74, 6) is -0.745. The molecule has 1 aromatic rings. The third-order valence-electron chi connectivity index (χ3n) is 3.35. The van der Waals surface area contributed by atoms with Crippen molar-refractivity contribution in [3.05, 3.63) is 35.9 Å². The van der Waals surface area contributed by atoms with Gasteiger partial charge < -0.3 is 25.6 Å². The number of benzene rings is 1. The molecular weight excluding hydrogens is 348 g/mol. The van der Waals surface area contributed by atoms with Crippen molar-refractivity contribution in [1.29, 1.82) is 0 Å². The molecule has 0 bridgehead atoms. The molecular formula is C19H30N4O4. The number of ether oxygens (including phenoxy) is 1. The fourth-order valence-electron chi connectivity index (χ4n) is 2.13. The van der Waals surface area contributed by atoms with Crippen LogP contribution in [0.3, 0.4) is 0 Å². The standard InChI is InChI=1S/C19H30N4O4/c1-19(2,3)27-18(26)22-13-17(25)21-12-16(24)20-10-11-23(4)14-15-8-6-5-7-9-15/h5-9H,10-14H2,1-4H3,(H,20,24)(H,21,25)(H,22,26). The van der Waals surface area contributed by atoms with Gasteiger partial charge in [-0.15, -0.1) is 0 Å². The first-order valence-corrected chi connectivity index (χ1v) is 8.88. The molecule has 0 fully saturated rings. The average molecular weight is 378 g/mol. The van der Waals surface area contributed by atoms with Crippen LogP contribution >= 0.6 is 0 Å². The van der Waals surface area contributed by atoms with E-state index in [-0.39, 0.29) is 19.0 Å². The van der Waals surface area contributed by atoms with E-state index in [2.05, 4.69) is 33.0 Å². The van der Waals surface area contributed by atoms with Gasteiger partial charge in [0, 0.05) is 19.6 Å². The summed E-state index contributed by atoms with van der Waals surface area (Å²) in [7, 11) is 1.98. The van der Waals surface area contributed by atoms with Gasteiger partial charge in [0.05, 0.1) is 6.54 Å². The summed E-state index contributed by atoms with van der Waals surface area (Å²) in [5.41, 5.74) is 0.574. The van der Waals surface area contributed by atoms with Crippen molar-refractivity contribution in [3.8, 4) is 0 Å². The monoisotopic (exact) mass is 378 g/mol. The molecule has 0 unspecified atom stereocenters. The third kappa shape index (κ3) is 11.6. The van der Waals surface area contributed by atoms with Crippen LogP contribution in [0.1, 0.15) is 26.3 Å². The first-order valence-electron chi connectivity index (χ1n) is 8.88. The molecule has 27 heavy (non-hydrogen) atoms. The summed E-state index contributed by atoms with van der Waals surface area (Å²) in [6.45, 7) is 6.77. The molecule has 0 aliphatic rings. The number of rotatable bonds is 9. The zero-order valence-corrected chi connectivity index (χ0v) is 16.5. The van der Waals surface area contributed by atoms with Crippen LogP contribution in [-0.2, 0) is 20.9 Å². The lowest BCUT2D eigenvalue weighted by Crippen LogP contribution is -2.44. The molecule has 8 nitrogen and oxygen atoms in total. The molecule has 1 aromatic carbocycles.